The molecule has 0 spiro atoms. The molecule has 0 radical (unpaired) electrons. The van der Waals surface area contributed by atoms with Crippen LogP contribution in [0.5, 0.6) is 0 Å². The third-order valence-corrected chi connectivity index (χ3v) is 0.816. The Hall–Kier alpha value is -0.860. The van der Waals surface area contributed by atoms with Crippen LogP contribution in [0.4, 0.5) is 0 Å². The molecule has 0 aromatic rings. The predicted octanol–water partition coefficient (Wildman–Crippen LogP) is 0.408. The quantitative estimate of drug-likeness (QED) is 0.531. The lowest BCUT2D eigenvalue weighted by Crippen LogP contribution is -2.27. The van der Waals surface area contributed by atoms with Crippen LogP contribution in [0.1, 0.15) is 13.8 Å². The highest BCUT2D eigenvalue weighted by molar-refractivity contribution is 6.24. The summed E-state index contributed by atoms with van der Waals surface area (Å²) < 4.78 is 0. The fourth-order valence-electron chi connectivity index (χ4n) is 0.356. The Bertz CT molecular complexity index is 110. The number of rotatable bonds is 3. The van der Waals surface area contributed by atoms with E-state index >= 15 is 0 Å². The maximum atomic E-state index is 10.4. The van der Waals surface area contributed by atoms with Gasteiger partial charge in [0, 0.05) is 6.54 Å². The second-order valence-electron chi connectivity index (χ2n) is 2.28. The molecule has 9 heavy (non-hydrogen) atoms. The summed E-state index contributed by atoms with van der Waals surface area (Å²) in [6, 6.07) is 0. The van der Waals surface area contributed by atoms with E-state index in [0.29, 0.717) is 12.5 Å². The van der Waals surface area contributed by atoms with Crippen molar-refractivity contribution in [3.8, 4) is 0 Å². The molecule has 3 nitrogen and oxygen atoms in total. The standard InChI is InChI=1S/C6H12N2O/c1-5(2)4-8-6(9)3-7/h3,5,7H,4H2,1-2H3,(H,8,9). The van der Waals surface area contributed by atoms with Crippen LogP contribution in [-0.4, -0.2) is 18.7 Å². The van der Waals surface area contributed by atoms with E-state index in [1.54, 1.807) is 0 Å². The molecule has 0 saturated carbocycles. The fourth-order valence-corrected chi connectivity index (χ4v) is 0.356. The first-order valence-electron chi connectivity index (χ1n) is 2.95. The number of carbonyl (C=O) groups excluding carboxylic acids is 1. The van der Waals surface area contributed by atoms with Crippen molar-refractivity contribution in [2.45, 2.75) is 13.8 Å². The summed E-state index contributed by atoms with van der Waals surface area (Å²) >= 11 is 0. The van der Waals surface area contributed by atoms with Crippen LogP contribution < -0.4 is 5.32 Å². The van der Waals surface area contributed by atoms with Crippen LogP contribution in [0, 0.1) is 11.3 Å². The van der Waals surface area contributed by atoms with E-state index in [4.69, 9.17) is 5.41 Å². The van der Waals surface area contributed by atoms with E-state index < -0.39 is 0 Å². The largest absolute Gasteiger partial charge is 0.351 e. The molecule has 0 aromatic heterocycles. The third kappa shape index (κ3) is 5.00. The molecule has 0 aromatic carbocycles. The number of hydrogen-bond acceptors (Lipinski definition) is 2. The van der Waals surface area contributed by atoms with Gasteiger partial charge in [0.15, 0.2) is 0 Å². The maximum Gasteiger partial charge on any atom is 0.261 e. The Kier molecular flexibility index (Phi) is 3.67. The summed E-state index contributed by atoms with van der Waals surface area (Å²) in [4.78, 5) is 10.4. The number of carbonyl (C=O) groups is 1. The molecule has 0 heterocycles. The Labute approximate surface area is 55.0 Å². The average molecular weight is 128 g/mol. The van der Waals surface area contributed by atoms with Gasteiger partial charge in [-0.15, -0.1) is 0 Å². The molecule has 2 N–H and O–H groups in total. The molecule has 0 bridgehead atoms. The molecule has 0 aliphatic carbocycles. The topological polar surface area (TPSA) is 53.0 Å². The zero-order valence-corrected chi connectivity index (χ0v) is 5.77. The molecule has 3 heteroatoms. The number of amides is 1. The molecule has 0 unspecified atom stereocenters. The smallest absolute Gasteiger partial charge is 0.261 e. The zero-order valence-electron chi connectivity index (χ0n) is 5.77. The van der Waals surface area contributed by atoms with Crippen LogP contribution in [0.25, 0.3) is 0 Å². The zero-order chi connectivity index (χ0) is 7.28. The Morgan fingerprint density at radius 1 is 1.78 bits per heavy atom. The van der Waals surface area contributed by atoms with Crippen molar-refractivity contribution >= 4 is 12.1 Å². The van der Waals surface area contributed by atoms with E-state index in [1.807, 2.05) is 13.8 Å². The third-order valence-electron chi connectivity index (χ3n) is 0.816. The molecule has 0 saturated heterocycles. The first-order chi connectivity index (χ1) is 4.16. The molecular formula is C6H12N2O. The minimum absolute atomic E-state index is 0.316. The molecule has 1 amide bonds. The summed E-state index contributed by atoms with van der Waals surface area (Å²) in [5.74, 6) is 0.137. The van der Waals surface area contributed by atoms with Crippen molar-refractivity contribution in [1.29, 1.82) is 5.41 Å². The van der Waals surface area contributed by atoms with Gasteiger partial charge in [0.05, 0.1) is 6.21 Å². The van der Waals surface area contributed by atoms with Gasteiger partial charge >= 0.3 is 0 Å². The second kappa shape index (κ2) is 4.06. The minimum atomic E-state index is -0.316. The van der Waals surface area contributed by atoms with Gasteiger partial charge < -0.3 is 10.7 Å². The van der Waals surface area contributed by atoms with E-state index in [1.165, 1.54) is 0 Å². The first kappa shape index (κ1) is 8.14. The highest BCUT2D eigenvalue weighted by atomic mass is 16.1. The average Bonchev–Trinajstić information content (AvgIpc) is 1.83. The molecular weight excluding hydrogens is 116 g/mol. The van der Waals surface area contributed by atoms with Crippen molar-refractivity contribution in [1.82, 2.24) is 5.32 Å². The van der Waals surface area contributed by atoms with E-state index in [9.17, 15) is 4.79 Å². The van der Waals surface area contributed by atoms with Gasteiger partial charge in [-0.3, -0.25) is 4.79 Å². The van der Waals surface area contributed by atoms with Gasteiger partial charge in [0.2, 0.25) is 0 Å². The summed E-state index contributed by atoms with van der Waals surface area (Å²) in [5, 5.41) is 9.07. The number of nitrogens with one attached hydrogen (secondary N) is 2. The SMILES string of the molecule is CC(C)CNC(=O)C=N. The predicted molar refractivity (Wildman–Crippen MR) is 36.6 cm³/mol. The number of hydrogen-bond donors (Lipinski definition) is 2. The first-order valence-corrected chi connectivity index (χ1v) is 2.95. The maximum absolute atomic E-state index is 10.4. The van der Waals surface area contributed by atoms with E-state index in [2.05, 4.69) is 5.32 Å². The summed E-state index contributed by atoms with van der Waals surface area (Å²) in [6.07, 6.45) is 0.780. The Balaban J connectivity index is 3.27. The van der Waals surface area contributed by atoms with Gasteiger partial charge in [0.25, 0.3) is 5.91 Å². The lowest BCUT2D eigenvalue weighted by atomic mass is 10.2. The van der Waals surface area contributed by atoms with Gasteiger partial charge in [0.1, 0.15) is 0 Å². The van der Waals surface area contributed by atoms with Gasteiger partial charge in [-0.05, 0) is 5.92 Å². The monoisotopic (exact) mass is 128 g/mol. The van der Waals surface area contributed by atoms with Crippen molar-refractivity contribution in [3.05, 3.63) is 0 Å². The fraction of sp³-hybridized carbons (Fsp3) is 0.667. The molecule has 0 rings (SSSR count). The van der Waals surface area contributed by atoms with Crippen molar-refractivity contribution in [2.24, 2.45) is 5.92 Å². The summed E-state index contributed by atoms with van der Waals surface area (Å²) in [7, 11) is 0. The van der Waals surface area contributed by atoms with Crippen LogP contribution in [0.15, 0.2) is 0 Å². The summed E-state index contributed by atoms with van der Waals surface area (Å²) in [6.45, 7) is 4.66. The molecule has 0 atom stereocenters. The van der Waals surface area contributed by atoms with E-state index in [-0.39, 0.29) is 5.91 Å². The summed E-state index contributed by atoms with van der Waals surface area (Å²) in [5.41, 5.74) is 0. The van der Waals surface area contributed by atoms with Crippen LogP contribution in [0.2, 0.25) is 0 Å². The normalized spacial score (nSPS) is 9.22. The van der Waals surface area contributed by atoms with Crippen LogP contribution in [0.3, 0.4) is 0 Å². The molecule has 0 aliphatic heterocycles. The van der Waals surface area contributed by atoms with Crippen LogP contribution in [-0.2, 0) is 4.79 Å². The lowest BCUT2D eigenvalue weighted by Gasteiger charge is -2.02. The van der Waals surface area contributed by atoms with Crippen molar-refractivity contribution < 1.29 is 4.79 Å². The molecule has 52 valence electrons. The van der Waals surface area contributed by atoms with Crippen molar-refractivity contribution in [2.75, 3.05) is 6.54 Å². The van der Waals surface area contributed by atoms with Gasteiger partial charge in [-0.1, -0.05) is 13.8 Å². The minimum Gasteiger partial charge on any atom is -0.351 e. The molecule has 0 fully saturated rings. The Morgan fingerprint density at radius 2 is 2.33 bits per heavy atom. The molecule has 0 aliphatic rings. The van der Waals surface area contributed by atoms with E-state index in [0.717, 1.165) is 6.21 Å². The highest BCUT2D eigenvalue weighted by Crippen LogP contribution is 1.85. The Morgan fingerprint density at radius 3 is 2.67 bits per heavy atom. The lowest BCUT2D eigenvalue weighted by molar-refractivity contribution is -0.114. The van der Waals surface area contributed by atoms with Crippen molar-refractivity contribution in [3.63, 3.8) is 0 Å². The second-order valence-corrected chi connectivity index (χ2v) is 2.28. The van der Waals surface area contributed by atoms with Gasteiger partial charge in [-0.25, -0.2) is 0 Å². The highest BCUT2D eigenvalue weighted by Gasteiger charge is 1.95. The van der Waals surface area contributed by atoms with Gasteiger partial charge in [-0.2, -0.15) is 0 Å². The van der Waals surface area contributed by atoms with Crippen LogP contribution >= 0.6 is 0 Å².